The number of rotatable bonds is 16. The summed E-state index contributed by atoms with van der Waals surface area (Å²) in [5.41, 5.74) is 3.81. The number of aromatic hydroxyl groups is 1. The lowest BCUT2D eigenvalue weighted by atomic mass is 9.50. The van der Waals surface area contributed by atoms with Gasteiger partial charge in [0.25, 0.3) is 0 Å². The van der Waals surface area contributed by atoms with Crippen LogP contribution in [0.5, 0.6) is 11.5 Å². The van der Waals surface area contributed by atoms with Gasteiger partial charge in [0.2, 0.25) is 5.91 Å². The minimum atomic E-state index is -1.72. The number of carbonyl (C=O) groups excluding carboxylic acids is 1. The van der Waals surface area contributed by atoms with Crippen LogP contribution in [-0.4, -0.2) is 89.6 Å². The molecule has 10 rings (SSSR count). The normalized spacial score (nSPS) is 30.3. The van der Waals surface area contributed by atoms with Crippen molar-refractivity contribution in [1.82, 2.24) is 10.2 Å². The van der Waals surface area contributed by atoms with Crippen molar-refractivity contribution in [1.29, 1.82) is 0 Å². The number of piperidine rings is 1. The molecule has 2 bridgehead atoms. The first-order chi connectivity index (χ1) is 31.3. The van der Waals surface area contributed by atoms with Crippen molar-refractivity contribution in [3.8, 4) is 11.5 Å². The van der Waals surface area contributed by atoms with Gasteiger partial charge >= 0.3 is 0 Å². The molecule has 1 amide bonds. The van der Waals surface area contributed by atoms with Crippen molar-refractivity contribution < 1.29 is 43.4 Å². The zero-order chi connectivity index (χ0) is 43.7. The first-order valence-electron chi connectivity index (χ1n) is 22.8. The van der Waals surface area contributed by atoms with E-state index in [0.717, 1.165) is 52.8 Å². The Morgan fingerprint density at radius 2 is 1.27 bits per heavy atom. The van der Waals surface area contributed by atoms with Gasteiger partial charge in [0, 0.05) is 17.0 Å². The molecule has 11 nitrogen and oxygen atoms in total. The van der Waals surface area contributed by atoms with Crippen LogP contribution in [0.4, 0.5) is 0 Å². The molecule has 2 saturated heterocycles. The zero-order valence-electron chi connectivity index (χ0n) is 36.3. The van der Waals surface area contributed by atoms with Crippen LogP contribution in [0.3, 0.4) is 0 Å². The van der Waals surface area contributed by atoms with Gasteiger partial charge in [0.15, 0.2) is 23.3 Å². The molecule has 0 aromatic heterocycles. The fourth-order valence-electron chi connectivity index (χ4n) is 11.4. The van der Waals surface area contributed by atoms with Crippen LogP contribution < -0.4 is 10.1 Å². The summed E-state index contributed by atoms with van der Waals surface area (Å²) in [5, 5.41) is 27.0. The number of hydrogen-bond acceptors (Lipinski definition) is 10. The molecule has 0 radical (unpaired) electrons. The molecule has 11 heteroatoms. The number of phenols is 1. The Balaban J connectivity index is 0.964. The van der Waals surface area contributed by atoms with Gasteiger partial charge in [0.1, 0.15) is 24.4 Å². The van der Waals surface area contributed by atoms with E-state index in [2.05, 4.69) is 17.3 Å². The first kappa shape index (κ1) is 42.8. The van der Waals surface area contributed by atoms with Gasteiger partial charge in [-0.25, -0.2) is 0 Å². The van der Waals surface area contributed by atoms with E-state index in [4.69, 9.17) is 28.4 Å². The van der Waals surface area contributed by atoms with Crippen LogP contribution >= 0.6 is 0 Å². The first-order valence-corrected chi connectivity index (χ1v) is 22.8. The van der Waals surface area contributed by atoms with E-state index < -0.39 is 53.7 Å². The van der Waals surface area contributed by atoms with Crippen LogP contribution in [0.2, 0.25) is 0 Å². The van der Waals surface area contributed by atoms with Gasteiger partial charge in [0.05, 0.1) is 45.6 Å². The molecule has 3 fully saturated rings. The minimum absolute atomic E-state index is 0.0625. The molecule has 3 N–H and O–H groups in total. The number of ether oxygens (including phenoxy) is 6. The largest absolute Gasteiger partial charge is 0.504 e. The smallest absolute Gasteiger partial charge is 0.225 e. The summed E-state index contributed by atoms with van der Waals surface area (Å²) in [6, 6.07) is 43.8. The highest BCUT2D eigenvalue weighted by Crippen LogP contribution is 2.65. The van der Waals surface area contributed by atoms with Crippen molar-refractivity contribution in [3.63, 3.8) is 0 Å². The highest BCUT2D eigenvalue weighted by molar-refractivity contribution is 5.77. The lowest BCUT2D eigenvalue weighted by Gasteiger charge is -2.60. The Morgan fingerprint density at radius 1 is 0.719 bits per heavy atom. The van der Waals surface area contributed by atoms with E-state index >= 15 is 0 Å². The number of phenolic OH excluding ortho intramolecular Hbond substituents is 1. The Bertz CT molecular complexity index is 2360. The summed E-state index contributed by atoms with van der Waals surface area (Å²) in [6.45, 7) is 2.13. The molecule has 10 atom stereocenters. The Kier molecular flexibility index (Phi) is 12.3. The Hall–Kier alpha value is -5.11. The van der Waals surface area contributed by atoms with E-state index in [9.17, 15) is 15.0 Å². The fourth-order valence-corrected chi connectivity index (χ4v) is 11.4. The number of hydrogen-bond donors (Lipinski definition) is 3. The second-order valence-corrected chi connectivity index (χ2v) is 18.3. The van der Waals surface area contributed by atoms with Gasteiger partial charge in [-0.05, 0) is 79.1 Å². The summed E-state index contributed by atoms with van der Waals surface area (Å²) in [4.78, 5) is 17.2. The van der Waals surface area contributed by atoms with E-state index in [1.807, 2.05) is 127 Å². The number of aliphatic hydroxyl groups is 1. The third-order valence-electron chi connectivity index (χ3n) is 14.4. The molecular formula is C53H58N2O9. The van der Waals surface area contributed by atoms with Crippen molar-refractivity contribution in [2.24, 2.45) is 5.92 Å². The second-order valence-electron chi connectivity index (χ2n) is 18.3. The van der Waals surface area contributed by atoms with Crippen LogP contribution in [-0.2, 0) is 66.7 Å². The maximum Gasteiger partial charge on any atom is 0.225 e. The fraction of sp³-hybridized carbons (Fsp3) is 0.415. The Labute approximate surface area is 375 Å². The monoisotopic (exact) mass is 866 g/mol. The summed E-state index contributed by atoms with van der Waals surface area (Å²) in [6.07, 6.45) is -1.95. The minimum Gasteiger partial charge on any atom is -0.504 e. The number of likely N-dealkylation sites (N-methyl/N-ethyl adjacent to an activating group) is 1. The quantitative estimate of drug-likeness (QED) is 0.0894. The maximum atomic E-state index is 14.8. The molecule has 64 heavy (non-hydrogen) atoms. The van der Waals surface area contributed by atoms with Crippen LogP contribution in [0, 0.1) is 5.92 Å². The van der Waals surface area contributed by atoms with Gasteiger partial charge < -0.3 is 48.9 Å². The lowest BCUT2D eigenvalue weighted by molar-refractivity contribution is -0.273. The van der Waals surface area contributed by atoms with Gasteiger partial charge in [-0.1, -0.05) is 127 Å². The molecule has 3 heterocycles. The predicted octanol–water partition coefficient (Wildman–Crippen LogP) is 7.00. The van der Waals surface area contributed by atoms with Crippen molar-refractivity contribution >= 4 is 5.91 Å². The highest BCUT2D eigenvalue weighted by Gasteiger charge is 2.69. The molecule has 2 aliphatic carbocycles. The maximum absolute atomic E-state index is 14.8. The molecule has 0 unspecified atom stereocenters. The van der Waals surface area contributed by atoms with E-state index in [1.165, 1.54) is 0 Å². The number of nitrogens with zero attached hydrogens (tertiary/aromatic N) is 1. The SMILES string of the molecule is CN1CC[C@]23c4c5ccc(O)c4O[C@H]2[C@](O)(NC(=O)C[C@@H]2O[C@H](COCc4ccccc4)[C@@H](OCc4ccccc4)[C@H](OCc4ccccc4)[C@H]2OCc2ccccc2)CC[C@H]3[C@H]1C5. The predicted molar refractivity (Wildman–Crippen MR) is 239 cm³/mol. The molecule has 3 aliphatic heterocycles. The summed E-state index contributed by atoms with van der Waals surface area (Å²) in [7, 11) is 2.17. The topological polar surface area (TPSA) is 128 Å². The summed E-state index contributed by atoms with van der Waals surface area (Å²) in [5.74, 6) is 0.295. The van der Waals surface area contributed by atoms with Crippen LogP contribution in [0.15, 0.2) is 133 Å². The molecule has 1 saturated carbocycles. The van der Waals surface area contributed by atoms with Crippen molar-refractivity contribution in [3.05, 3.63) is 167 Å². The second kappa shape index (κ2) is 18.4. The number of benzene rings is 5. The summed E-state index contributed by atoms with van der Waals surface area (Å²) < 4.78 is 40.7. The molecule has 334 valence electrons. The zero-order valence-corrected chi connectivity index (χ0v) is 36.3. The molecule has 5 aromatic carbocycles. The van der Waals surface area contributed by atoms with Gasteiger partial charge in [-0.3, -0.25) is 4.79 Å². The average Bonchev–Trinajstić information content (AvgIpc) is 3.69. The molecule has 5 aliphatic rings. The third kappa shape index (κ3) is 8.35. The number of likely N-dealkylation sites (tertiary alicyclic amines) is 1. The van der Waals surface area contributed by atoms with Gasteiger partial charge in [-0.2, -0.15) is 0 Å². The molecule has 5 aromatic rings. The van der Waals surface area contributed by atoms with Crippen LogP contribution in [0.25, 0.3) is 0 Å². The average molecular weight is 867 g/mol. The molecular weight excluding hydrogens is 809 g/mol. The summed E-state index contributed by atoms with van der Waals surface area (Å²) >= 11 is 0. The third-order valence-corrected chi connectivity index (χ3v) is 14.4. The molecule has 1 spiro atoms. The highest BCUT2D eigenvalue weighted by atomic mass is 16.6. The van der Waals surface area contributed by atoms with E-state index in [0.29, 0.717) is 31.8 Å². The number of nitrogens with one attached hydrogen (secondary N) is 1. The van der Waals surface area contributed by atoms with E-state index in [-0.39, 0.29) is 44.0 Å². The van der Waals surface area contributed by atoms with Crippen molar-refractivity contribution in [2.75, 3.05) is 20.2 Å². The van der Waals surface area contributed by atoms with E-state index in [1.54, 1.807) is 6.07 Å². The number of carbonyl (C=O) groups is 1. The van der Waals surface area contributed by atoms with Crippen LogP contribution in [0.1, 0.15) is 59.1 Å². The lowest BCUT2D eigenvalue weighted by Crippen LogP contribution is -2.73. The number of amides is 1. The standard InChI is InChI=1S/C53H58N2O9/c1-55-27-26-52-40-24-25-53(58,51(52)64-47-42(56)23-22-39(46(47)52)28-41(40)55)54-45(57)29-43-48(60-31-36-16-8-3-9-17-36)50(62-33-38-20-12-5-13-21-38)49(61-32-37-18-10-4-11-19-37)44(63-43)34-59-30-35-14-6-2-7-15-35/h2-23,40-41,43-44,48-51,56,58H,24-34H2,1H3,(H,54,57)/t40-,41+,43-,44+,48-,49+,50+,51+,52-,53-/m0/s1. The van der Waals surface area contributed by atoms with Gasteiger partial charge in [-0.15, -0.1) is 0 Å². The van der Waals surface area contributed by atoms with Crippen molar-refractivity contribution in [2.45, 2.75) is 112 Å². The Morgan fingerprint density at radius 3 is 1.86 bits per heavy atom.